The van der Waals surface area contributed by atoms with E-state index in [1.165, 1.54) is 0 Å². The van der Waals surface area contributed by atoms with Crippen LogP contribution in [0.3, 0.4) is 0 Å². The fraction of sp³-hybridized carbons (Fsp3) is 0. The molecule has 8 heteroatoms. The van der Waals surface area contributed by atoms with Crippen LogP contribution in [0.25, 0.3) is 0 Å². The van der Waals surface area contributed by atoms with E-state index in [4.69, 9.17) is 0 Å². The standard InChI is InChI=1S/C8H8N8/c1-9-3-4(10-1)14-7(13-3)8-15-5-6(16-8)12-2-11-5/h1-2,13-16H,(H,9,10)(H,11,12). The number of rotatable bonds is 0. The van der Waals surface area contributed by atoms with E-state index in [1.54, 1.807) is 12.7 Å². The molecule has 0 amide bonds. The van der Waals surface area contributed by atoms with Gasteiger partial charge in [-0.2, -0.15) is 0 Å². The summed E-state index contributed by atoms with van der Waals surface area (Å²) in [7, 11) is 0. The van der Waals surface area contributed by atoms with Crippen molar-refractivity contribution in [2.45, 2.75) is 0 Å². The molecule has 2 aromatic rings. The molecule has 0 saturated carbocycles. The first kappa shape index (κ1) is 7.63. The maximum absolute atomic E-state index is 4.11. The van der Waals surface area contributed by atoms with Crippen LogP contribution in [0, 0.1) is 0 Å². The number of aromatic amines is 2. The molecule has 4 rings (SSSR count). The average molecular weight is 216 g/mol. The zero-order chi connectivity index (χ0) is 10.5. The number of nitrogens with zero attached hydrogens (tertiary/aromatic N) is 2. The monoisotopic (exact) mass is 216 g/mol. The molecule has 0 unspecified atom stereocenters. The van der Waals surface area contributed by atoms with E-state index in [0.717, 1.165) is 34.9 Å². The van der Waals surface area contributed by atoms with Crippen molar-refractivity contribution in [2.75, 3.05) is 21.3 Å². The lowest BCUT2D eigenvalue weighted by atomic mass is 10.6. The van der Waals surface area contributed by atoms with Crippen LogP contribution in [-0.4, -0.2) is 19.9 Å². The van der Waals surface area contributed by atoms with Gasteiger partial charge in [0.25, 0.3) is 0 Å². The van der Waals surface area contributed by atoms with Crippen LogP contribution in [0.1, 0.15) is 0 Å². The fourth-order valence-electron chi connectivity index (χ4n) is 1.77. The first-order valence-corrected chi connectivity index (χ1v) is 4.79. The summed E-state index contributed by atoms with van der Waals surface area (Å²) in [6.45, 7) is 0. The van der Waals surface area contributed by atoms with E-state index in [1.807, 2.05) is 0 Å². The normalized spacial score (nSPS) is 20.5. The zero-order valence-corrected chi connectivity index (χ0v) is 8.05. The van der Waals surface area contributed by atoms with Crippen LogP contribution in [0.4, 0.5) is 23.3 Å². The highest BCUT2D eigenvalue weighted by Gasteiger charge is 2.25. The van der Waals surface area contributed by atoms with Crippen molar-refractivity contribution in [1.29, 1.82) is 0 Å². The lowest BCUT2D eigenvalue weighted by Crippen LogP contribution is -2.13. The Morgan fingerprint density at radius 1 is 0.688 bits per heavy atom. The highest BCUT2D eigenvalue weighted by Crippen LogP contribution is 2.32. The molecule has 0 atom stereocenters. The minimum atomic E-state index is 0.787. The quantitative estimate of drug-likeness (QED) is 0.386. The molecule has 16 heavy (non-hydrogen) atoms. The minimum absolute atomic E-state index is 0.787. The highest BCUT2D eigenvalue weighted by atomic mass is 15.3. The number of fused-ring (bicyclic) bond motifs is 2. The molecule has 0 fully saturated rings. The van der Waals surface area contributed by atoms with Crippen molar-refractivity contribution in [3.05, 3.63) is 24.3 Å². The molecule has 0 bridgehead atoms. The van der Waals surface area contributed by atoms with Gasteiger partial charge in [-0.05, 0) is 0 Å². The predicted molar refractivity (Wildman–Crippen MR) is 58.7 cm³/mol. The van der Waals surface area contributed by atoms with Crippen molar-refractivity contribution < 1.29 is 0 Å². The number of imidazole rings is 2. The van der Waals surface area contributed by atoms with Crippen molar-refractivity contribution in [3.8, 4) is 0 Å². The van der Waals surface area contributed by atoms with E-state index in [-0.39, 0.29) is 0 Å². The third-order valence-electron chi connectivity index (χ3n) is 2.52. The predicted octanol–water partition coefficient (Wildman–Crippen LogP) is 0.634. The summed E-state index contributed by atoms with van der Waals surface area (Å²) in [4.78, 5) is 14.2. The van der Waals surface area contributed by atoms with Crippen LogP contribution < -0.4 is 21.3 Å². The molecule has 80 valence electrons. The van der Waals surface area contributed by atoms with Gasteiger partial charge in [-0.25, -0.2) is 9.97 Å². The Morgan fingerprint density at radius 2 is 1.19 bits per heavy atom. The fourth-order valence-corrected chi connectivity index (χ4v) is 1.77. The van der Waals surface area contributed by atoms with E-state index in [2.05, 4.69) is 41.2 Å². The number of anilines is 4. The number of H-pyrrole nitrogens is 2. The van der Waals surface area contributed by atoms with Gasteiger partial charge in [-0.3, -0.25) is 0 Å². The molecule has 0 aromatic carbocycles. The van der Waals surface area contributed by atoms with Crippen molar-refractivity contribution in [3.63, 3.8) is 0 Å². The van der Waals surface area contributed by atoms with Crippen LogP contribution in [0.5, 0.6) is 0 Å². The topological polar surface area (TPSA) is 105 Å². The van der Waals surface area contributed by atoms with Gasteiger partial charge >= 0.3 is 0 Å². The van der Waals surface area contributed by atoms with E-state index >= 15 is 0 Å². The summed E-state index contributed by atoms with van der Waals surface area (Å²) in [6.07, 6.45) is 3.26. The molecule has 4 heterocycles. The van der Waals surface area contributed by atoms with Crippen LogP contribution in [0.2, 0.25) is 0 Å². The Hall–Kier alpha value is -2.64. The summed E-state index contributed by atoms with van der Waals surface area (Å²) >= 11 is 0. The van der Waals surface area contributed by atoms with Gasteiger partial charge in [0.15, 0.2) is 34.9 Å². The molecule has 8 nitrogen and oxygen atoms in total. The van der Waals surface area contributed by atoms with Crippen molar-refractivity contribution in [2.24, 2.45) is 0 Å². The van der Waals surface area contributed by atoms with Gasteiger partial charge < -0.3 is 31.2 Å². The minimum Gasteiger partial charge on any atom is -0.329 e. The van der Waals surface area contributed by atoms with Crippen LogP contribution in [0.15, 0.2) is 24.3 Å². The number of hydrogen-bond acceptors (Lipinski definition) is 6. The second-order valence-corrected chi connectivity index (χ2v) is 3.50. The third kappa shape index (κ3) is 0.874. The van der Waals surface area contributed by atoms with Gasteiger partial charge in [0.1, 0.15) is 0 Å². The Kier molecular flexibility index (Phi) is 1.18. The van der Waals surface area contributed by atoms with Gasteiger partial charge in [0.2, 0.25) is 0 Å². The Morgan fingerprint density at radius 3 is 1.62 bits per heavy atom. The lowest BCUT2D eigenvalue weighted by molar-refractivity contribution is 1.21. The summed E-state index contributed by atoms with van der Waals surface area (Å²) in [5.74, 6) is 4.93. The summed E-state index contributed by atoms with van der Waals surface area (Å²) in [6, 6.07) is 0. The average Bonchev–Trinajstić information content (AvgIpc) is 2.94. The summed E-state index contributed by atoms with van der Waals surface area (Å²) in [5, 5.41) is 12.6. The Balaban J connectivity index is 1.69. The molecule has 0 aliphatic carbocycles. The molecule has 6 N–H and O–H groups in total. The Bertz CT molecular complexity index is 493. The van der Waals surface area contributed by atoms with Gasteiger partial charge in [0.05, 0.1) is 12.7 Å². The second-order valence-electron chi connectivity index (χ2n) is 3.50. The molecule has 2 aliphatic heterocycles. The van der Waals surface area contributed by atoms with Crippen LogP contribution >= 0.6 is 0 Å². The molecule has 0 radical (unpaired) electrons. The Labute approximate surface area is 89.6 Å². The molecule has 2 aromatic heterocycles. The van der Waals surface area contributed by atoms with E-state index < -0.39 is 0 Å². The second kappa shape index (κ2) is 2.48. The smallest absolute Gasteiger partial charge is 0.174 e. The van der Waals surface area contributed by atoms with Crippen molar-refractivity contribution >= 4 is 23.3 Å². The third-order valence-corrected chi connectivity index (χ3v) is 2.52. The SMILES string of the molecule is c1nc2c([nH]1)N/C(=C1\Nc3nc[nH]c3N1)N2. The summed E-state index contributed by atoms with van der Waals surface area (Å²) < 4.78 is 0. The maximum Gasteiger partial charge on any atom is 0.174 e. The van der Waals surface area contributed by atoms with Gasteiger partial charge in [-0.1, -0.05) is 0 Å². The first-order valence-electron chi connectivity index (χ1n) is 4.79. The van der Waals surface area contributed by atoms with E-state index in [9.17, 15) is 0 Å². The molecule has 0 spiro atoms. The molecular weight excluding hydrogens is 208 g/mol. The van der Waals surface area contributed by atoms with Gasteiger partial charge in [0, 0.05) is 0 Å². The first-order chi connectivity index (χ1) is 7.90. The summed E-state index contributed by atoms with van der Waals surface area (Å²) in [5.41, 5.74) is 0. The maximum atomic E-state index is 4.11. The highest BCUT2D eigenvalue weighted by molar-refractivity contribution is 5.78. The molecular formula is C8H8N8. The van der Waals surface area contributed by atoms with Gasteiger partial charge in [-0.15, -0.1) is 0 Å². The number of aromatic nitrogens is 4. The number of hydrogen-bond donors (Lipinski definition) is 6. The number of nitrogens with one attached hydrogen (secondary N) is 6. The largest absolute Gasteiger partial charge is 0.329 e. The molecule has 2 aliphatic rings. The van der Waals surface area contributed by atoms with Crippen molar-refractivity contribution in [1.82, 2.24) is 19.9 Å². The molecule has 0 saturated heterocycles. The van der Waals surface area contributed by atoms with E-state index in [0.29, 0.717) is 0 Å². The zero-order valence-electron chi connectivity index (χ0n) is 8.05. The van der Waals surface area contributed by atoms with Crippen LogP contribution in [-0.2, 0) is 0 Å². The lowest BCUT2D eigenvalue weighted by Gasteiger charge is -2.06.